The number of amides is 1. The molecule has 0 spiro atoms. The first-order valence-corrected chi connectivity index (χ1v) is 12.3. The van der Waals surface area contributed by atoms with E-state index in [1.165, 1.54) is 42.6 Å². The van der Waals surface area contributed by atoms with Gasteiger partial charge < -0.3 is 10.2 Å². The zero-order valence-electron chi connectivity index (χ0n) is 20.0. The van der Waals surface area contributed by atoms with Crippen LogP contribution in [0, 0.1) is 0 Å². The van der Waals surface area contributed by atoms with E-state index in [0.717, 1.165) is 35.7 Å². The number of benzene rings is 2. The van der Waals surface area contributed by atoms with Crippen molar-refractivity contribution in [2.24, 2.45) is 0 Å². The molecule has 4 aromatic rings. The SMILES string of the molecule is O=C(Cn1cnc(-c2ccccc2)cc1=O)Nc1ccc(-c2ccc(N3CCCCCC3)nn2)cc1. The van der Waals surface area contributed by atoms with Crippen molar-refractivity contribution < 1.29 is 4.79 Å². The maximum absolute atomic E-state index is 12.5. The molecule has 8 nitrogen and oxygen atoms in total. The number of anilines is 2. The zero-order chi connectivity index (χ0) is 24.7. The Labute approximate surface area is 209 Å². The molecule has 182 valence electrons. The minimum absolute atomic E-state index is 0.119. The summed E-state index contributed by atoms with van der Waals surface area (Å²) in [6.07, 6.45) is 6.35. The largest absolute Gasteiger partial charge is 0.355 e. The van der Waals surface area contributed by atoms with Crippen LogP contribution in [0.15, 0.2) is 83.9 Å². The average Bonchev–Trinajstić information content (AvgIpc) is 3.21. The number of aromatic nitrogens is 4. The van der Waals surface area contributed by atoms with E-state index in [4.69, 9.17) is 0 Å². The minimum atomic E-state index is -0.305. The van der Waals surface area contributed by atoms with Crippen molar-refractivity contribution in [3.63, 3.8) is 0 Å². The summed E-state index contributed by atoms with van der Waals surface area (Å²) < 4.78 is 1.29. The third-order valence-corrected chi connectivity index (χ3v) is 6.31. The molecule has 0 atom stereocenters. The first kappa shape index (κ1) is 23.4. The third-order valence-electron chi connectivity index (χ3n) is 6.31. The predicted molar refractivity (Wildman–Crippen MR) is 141 cm³/mol. The van der Waals surface area contributed by atoms with E-state index in [-0.39, 0.29) is 18.0 Å². The third kappa shape index (κ3) is 5.66. The maximum atomic E-state index is 12.5. The lowest BCUT2D eigenvalue weighted by molar-refractivity contribution is -0.116. The summed E-state index contributed by atoms with van der Waals surface area (Å²) in [7, 11) is 0. The molecule has 1 amide bonds. The molecule has 2 aromatic heterocycles. The van der Waals surface area contributed by atoms with Gasteiger partial charge in [0.25, 0.3) is 5.56 Å². The van der Waals surface area contributed by atoms with Crippen LogP contribution < -0.4 is 15.8 Å². The van der Waals surface area contributed by atoms with Gasteiger partial charge in [-0.25, -0.2) is 4.98 Å². The lowest BCUT2D eigenvalue weighted by atomic mass is 10.1. The van der Waals surface area contributed by atoms with Crippen molar-refractivity contribution in [1.82, 2.24) is 19.7 Å². The number of carbonyl (C=O) groups excluding carboxylic acids is 1. The van der Waals surface area contributed by atoms with Gasteiger partial charge in [0, 0.05) is 36.0 Å². The second-order valence-electron chi connectivity index (χ2n) is 8.91. The van der Waals surface area contributed by atoms with Gasteiger partial charge in [0.2, 0.25) is 5.91 Å². The molecule has 3 heterocycles. The molecule has 2 aromatic carbocycles. The van der Waals surface area contributed by atoms with Gasteiger partial charge in [-0.3, -0.25) is 14.2 Å². The quantitative estimate of drug-likeness (QED) is 0.440. The van der Waals surface area contributed by atoms with Gasteiger partial charge in [0.05, 0.1) is 17.7 Å². The van der Waals surface area contributed by atoms with E-state index in [1.807, 2.05) is 66.7 Å². The number of hydrogen-bond donors (Lipinski definition) is 1. The molecule has 0 saturated carbocycles. The molecule has 1 saturated heterocycles. The number of hydrogen-bond acceptors (Lipinski definition) is 6. The Morgan fingerprint density at radius 1 is 0.806 bits per heavy atom. The molecule has 5 rings (SSSR count). The van der Waals surface area contributed by atoms with Crippen LogP contribution in [-0.2, 0) is 11.3 Å². The fourth-order valence-electron chi connectivity index (χ4n) is 4.34. The highest BCUT2D eigenvalue weighted by atomic mass is 16.2. The summed E-state index contributed by atoms with van der Waals surface area (Å²) in [6, 6.07) is 22.3. The van der Waals surface area contributed by atoms with Crippen LogP contribution in [0.25, 0.3) is 22.5 Å². The monoisotopic (exact) mass is 480 g/mol. The van der Waals surface area contributed by atoms with Crippen molar-refractivity contribution in [3.05, 3.63) is 89.5 Å². The number of nitrogens with one attached hydrogen (secondary N) is 1. The summed E-state index contributed by atoms with van der Waals surface area (Å²) >= 11 is 0. The molecule has 8 heteroatoms. The van der Waals surface area contributed by atoms with Gasteiger partial charge in [0.15, 0.2) is 5.82 Å². The normalized spacial score (nSPS) is 13.7. The summed E-state index contributed by atoms with van der Waals surface area (Å²) in [5.74, 6) is 0.617. The smallest absolute Gasteiger partial charge is 0.254 e. The molecule has 36 heavy (non-hydrogen) atoms. The maximum Gasteiger partial charge on any atom is 0.254 e. The number of nitrogens with zero attached hydrogens (tertiary/aromatic N) is 5. The van der Waals surface area contributed by atoms with Crippen LogP contribution in [0.1, 0.15) is 25.7 Å². The highest BCUT2D eigenvalue weighted by molar-refractivity contribution is 5.90. The van der Waals surface area contributed by atoms with Crippen molar-refractivity contribution >= 4 is 17.4 Å². The standard InChI is InChI=1S/C28H28N6O2/c35-27(19-34-20-29-25(18-28(34)36)21-8-4-3-5-9-21)30-23-12-10-22(11-13-23)24-14-15-26(32-31-24)33-16-6-1-2-7-17-33/h3-5,8-15,18,20H,1-2,6-7,16-17,19H2,(H,30,35). The molecule has 1 N–H and O–H groups in total. The fraction of sp³-hybridized carbons (Fsp3) is 0.250. The van der Waals surface area contributed by atoms with Crippen molar-refractivity contribution in [2.75, 3.05) is 23.3 Å². The lowest BCUT2D eigenvalue weighted by Gasteiger charge is -2.20. The first-order valence-electron chi connectivity index (χ1n) is 12.3. The highest BCUT2D eigenvalue weighted by Gasteiger charge is 2.12. The molecule has 0 bridgehead atoms. The topological polar surface area (TPSA) is 93.0 Å². The molecule has 0 aliphatic carbocycles. The van der Waals surface area contributed by atoms with Crippen LogP contribution in [-0.4, -0.2) is 38.7 Å². The van der Waals surface area contributed by atoms with E-state index in [2.05, 4.69) is 25.4 Å². The molecule has 1 aliphatic rings. The van der Waals surface area contributed by atoms with E-state index in [9.17, 15) is 9.59 Å². The Morgan fingerprint density at radius 3 is 2.19 bits per heavy atom. The van der Waals surface area contributed by atoms with Crippen molar-refractivity contribution in [2.45, 2.75) is 32.2 Å². The van der Waals surface area contributed by atoms with Gasteiger partial charge >= 0.3 is 0 Å². The first-order chi connectivity index (χ1) is 17.7. The number of rotatable bonds is 6. The summed E-state index contributed by atoms with van der Waals surface area (Å²) in [6.45, 7) is 1.94. The Kier molecular flexibility index (Phi) is 7.12. The van der Waals surface area contributed by atoms with E-state index < -0.39 is 0 Å². The van der Waals surface area contributed by atoms with E-state index in [0.29, 0.717) is 11.4 Å². The summed E-state index contributed by atoms with van der Waals surface area (Å²) in [5, 5.41) is 11.7. The van der Waals surface area contributed by atoms with Crippen molar-refractivity contribution in [3.8, 4) is 22.5 Å². The molecule has 1 aliphatic heterocycles. The van der Waals surface area contributed by atoms with Crippen LogP contribution in [0.2, 0.25) is 0 Å². The molecular formula is C28H28N6O2. The van der Waals surface area contributed by atoms with E-state index >= 15 is 0 Å². The van der Waals surface area contributed by atoms with Gasteiger partial charge in [-0.15, -0.1) is 10.2 Å². The molecule has 0 radical (unpaired) electrons. The van der Waals surface area contributed by atoms with Crippen LogP contribution in [0.4, 0.5) is 11.5 Å². The van der Waals surface area contributed by atoms with Crippen LogP contribution >= 0.6 is 0 Å². The van der Waals surface area contributed by atoms with Gasteiger partial charge in [-0.2, -0.15) is 0 Å². The van der Waals surface area contributed by atoms with Crippen LogP contribution in [0.5, 0.6) is 0 Å². The highest BCUT2D eigenvalue weighted by Crippen LogP contribution is 2.22. The Hall–Kier alpha value is -4.33. The molecule has 1 fully saturated rings. The van der Waals surface area contributed by atoms with Crippen molar-refractivity contribution in [1.29, 1.82) is 0 Å². The Bertz CT molecular complexity index is 1360. The second-order valence-corrected chi connectivity index (χ2v) is 8.91. The molecule has 0 unspecified atom stereocenters. The predicted octanol–water partition coefficient (Wildman–Crippen LogP) is 4.39. The Balaban J connectivity index is 1.20. The van der Waals surface area contributed by atoms with Gasteiger partial charge in [-0.05, 0) is 37.1 Å². The minimum Gasteiger partial charge on any atom is -0.355 e. The van der Waals surface area contributed by atoms with Crippen LogP contribution in [0.3, 0.4) is 0 Å². The average molecular weight is 481 g/mol. The fourth-order valence-corrected chi connectivity index (χ4v) is 4.34. The molecular weight excluding hydrogens is 452 g/mol. The summed E-state index contributed by atoms with van der Waals surface area (Å²) in [4.78, 5) is 31.6. The Morgan fingerprint density at radius 2 is 1.53 bits per heavy atom. The number of carbonyl (C=O) groups is 1. The van der Waals surface area contributed by atoms with Gasteiger partial charge in [0.1, 0.15) is 6.54 Å². The van der Waals surface area contributed by atoms with Gasteiger partial charge in [-0.1, -0.05) is 55.3 Å². The zero-order valence-corrected chi connectivity index (χ0v) is 20.0. The second kappa shape index (κ2) is 10.9. The van der Waals surface area contributed by atoms with E-state index in [1.54, 1.807) is 0 Å². The lowest BCUT2D eigenvalue weighted by Crippen LogP contribution is -2.27. The summed E-state index contributed by atoms with van der Waals surface area (Å²) in [5.41, 5.74) is 3.49.